The van der Waals surface area contributed by atoms with Crippen molar-refractivity contribution in [3.8, 4) is 11.8 Å². The summed E-state index contributed by atoms with van der Waals surface area (Å²) < 4.78 is 21.5. The molecule has 2 aromatic rings. The van der Waals surface area contributed by atoms with Crippen LogP contribution in [0.4, 0.5) is 10.1 Å². The molecule has 6 heterocycles. The van der Waals surface area contributed by atoms with E-state index in [1.807, 2.05) is 15.9 Å². The van der Waals surface area contributed by atoms with Gasteiger partial charge in [-0.3, -0.25) is 49.9 Å². The number of fused-ring (bicyclic) bond motifs is 3. The van der Waals surface area contributed by atoms with Gasteiger partial charge in [0.05, 0.1) is 33.5 Å². The highest BCUT2D eigenvalue weighted by Crippen LogP contribution is 2.37. The van der Waals surface area contributed by atoms with Gasteiger partial charge in [-0.25, -0.2) is 4.39 Å². The first kappa shape index (κ1) is 40.1. The number of amidine groups is 1. The minimum Gasteiger partial charge on any atom is -0.490 e. The number of piperazine rings is 1. The molecule has 6 aliphatic heterocycles. The lowest BCUT2D eigenvalue weighted by atomic mass is 9.84. The van der Waals surface area contributed by atoms with Gasteiger partial charge in [0, 0.05) is 63.3 Å². The number of amides is 5. The molecule has 3 unspecified atom stereocenters. The predicted molar refractivity (Wildman–Crippen MR) is 214 cm³/mol. The van der Waals surface area contributed by atoms with E-state index in [1.54, 1.807) is 18.2 Å². The van der Waals surface area contributed by atoms with Crippen molar-refractivity contribution in [2.45, 2.75) is 88.1 Å². The van der Waals surface area contributed by atoms with Crippen molar-refractivity contribution in [3.05, 3.63) is 70.0 Å². The summed E-state index contributed by atoms with van der Waals surface area (Å²) in [6, 6.07) is 8.92. The van der Waals surface area contributed by atoms with E-state index < -0.39 is 41.4 Å². The number of imide groups is 2. The fourth-order valence-electron chi connectivity index (χ4n) is 9.34. The van der Waals surface area contributed by atoms with Crippen molar-refractivity contribution in [2.24, 2.45) is 5.92 Å². The van der Waals surface area contributed by atoms with Crippen LogP contribution in [-0.2, 0) is 14.4 Å². The molecule has 0 spiro atoms. The Morgan fingerprint density at radius 1 is 0.966 bits per heavy atom. The smallest absolute Gasteiger partial charge is 0.269 e. The first-order valence-electron chi connectivity index (χ1n) is 20.2. The van der Waals surface area contributed by atoms with Gasteiger partial charge in [-0.05, 0) is 93.7 Å². The minimum atomic E-state index is -1.11. The molecule has 2 bridgehead atoms. The zero-order valence-corrected chi connectivity index (χ0v) is 33.1. The van der Waals surface area contributed by atoms with E-state index in [2.05, 4.69) is 15.5 Å². The number of benzene rings is 2. The molecular formula is C42H45ClFN9O6. The Morgan fingerprint density at radius 2 is 1.66 bits per heavy atom. The van der Waals surface area contributed by atoms with Gasteiger partial charge < -0.3 is 19.9 Å². The van der Waals surface area contributed by atoms with Gasteiger partial charge in [0.15, 0.2) is 0 Å². The van der Waals surface area contributed by atoms with Crippen molar-refractivity contribution in [1.29, 1.82) is 16.1 Å². The quantitative estimate of drug-likeness (QED) is 0.155. The summed E-state index contributed by atoms with van der Waals surface area (Å²) in [7, 11) is 0. The van der Waals surface area contributed by atoms with E-state index in [4.69, 9.17) is 32.4 Å². The van der Waals surface area contributed by atoms with Crippen LogP contribution in [0.15, 0.2) is 42.5 Å². The number of ether oxygens (including phenoxy) is 1. The van der Waals surface area contributed by atoms with E-state index in [0.717, 1.165) is 49.6 Å². The molecule has 15 nitrogen and oxygen atoms in total. The molecular weight excluding hydrogens is 781 g/mol. The van der Waals surface area contributed by atoms with Crippen LogP contribution < -0.4 is 20.3 Å². The Balaban J connectivity index is 0.761. The molecule has 6 fully saturated rings. The molecule has 17 heteroatoms. The third-order valence-electron chi connectivity index (χ3n) is 12.6. The number of piperidine rings is 3. The molecule has 5 saturated heterocycles. The van der Waals surface area contributed by atoms with E-state index in [0.29, 0.717) is 73.4 Å². The summed E-state index contributed by atoms with van der Waals surface area (Å²) in [5.41, 5.74) is 0.422. The number of rotatable bonds is 10. The van der Waals surface area contributed by atoms with Gasteiger partial charge in [0.25, 0.3) is 17.7 Å². The van der Waals surface area contributed by atoms with E-state index in [9.17, 15) is 24.0 Å². The number of anilines is 1. The van der Waals surface area contributed by atoms with Crippen LogP contribution in [0.5, 0.6) is 5.75 Å². The number of nitrogens with zero attached hydrogens (tertiary/aromatic N) is 5. The minimum absolute atomic E-state index is 0.00649. The number of hydrogen-bond donors (Lipinski definition) is 4. The van der Waals surface area contributed by atoms with Crippen LogP contribution in [0.3, 0.4) is 0 Å². The summed E-state index contributed by atoms with van der Waals surface area (Å²) in [6.07, 6.45) is 8.44. The second-order valence-electron chi connectivity index (χ2n) is 16.3. The Morgan fingerprint density at radius 3 is 2.32 bits per heavy atom. The summed E-state index contributed by atoms with van der Waals surface area (Å²) >= 11 is 6.13. The van der Waals surface area contributed by atoms with Crippen molar-refractivity contribution in [3.63, 3.8) is 0 Å². The van der Waals surface area contributed by atoms with E-state index in [-0.39, 0.29) is 53.3 Å². The standard InChI is InChI=1S/C42H45ClFN9O6/c43-32-16-29(4-1-24(32)19-45)59-28-5-2-25(3-6-28)48-39(55)34(46)7-9-37(47)51-21-26-15-27(22-51)52(26)20-23-11-13-50(14-12-23)36-18-31-30(17-33(36)44)41(57)53(42(31)58)35-8-10-38(54)49-40(35)56/h1,4,7,9,16-18,23,25-28,35,46-47H,2-3,5-6,8,10-15,20-22H2,(H,48,55)(H,49,54,56)/b9-7-,46-34?,47-37?. The zero-order valence-electron chi connectivity index (χ0n) is 32.3. The largest absolute Gasteiger partial charge is 0.490 e. The molecule has 1 aliphatic carbocycles. The highest BCUT2D eigenvalue weighted by molar-refractivity contribution is 6.42. The maximum Gasteiger partial charge on any atom is 0.269 e. The number of nitriles is 1. The Hall–Kier alpha value is -5.66. The van der Waals surface area contributed by atoms with Crippen LogP contribution in [0.25, 0.3) is 0 Å². The normalized spacial score (nSPS) is 26.0. The zero-order chi connectivity index (χ0) is 41.5. The lowest BCUT2D eigenvalue weighted by Crippen LogP contribution is -2.70. The maximum absolute atomic E-state index is 15.5. The molecule has 0 aromatic heterocycles. The van der Waals surface area contributed by atoms with E-state index >= 15 is 4.39 Å². The van der Waals surface area contributed by atoms with Gasteiger partial charge in [-0.1, -0.05) is 11.6 Å². The summed E-state index contributed by atoms with van der Waals surface area (Å²) in [5, 5.41) is 31.5. The number of halogens is 2. The summed E-state index contributed by atoms with van der Waals surface area (Å²) in [5.74, 6) is -2.39. The highest BCUT2D eigenvalue weighted by atomic mass is 35.5. The highest BCUT2D eigenvalue weighted by Gasteiger charge is 2.47. The average molecular weight is 826 g/mol. The summed E-state index contributed by atoms with van der Waals surface area (Å²) in [6.45, 7) is 3.41. The Bertz CT molecular complexity index is 2180. The van der Waals surface area contributed by atoms with Crippen LogP contribution in [-0.4, -0.2) is 119 Å². The van der Waals surface area contributed by atoms with Crippen LogP contribution in [0.1, 0.15) is 84.1 Å². The first-order chi connectivity index (χ1) is 28.4. The van der Waals surface area contributed by atoms with Crippen molar-refractivity contribution >= 4 is 58.4 Å². The number of hydrogen-bond acceptors (Lipinski definition) is 11. The number of carbonyl (C=O) groups excluding carboxylic acids is 5. The molecule has 1 saturated carbocycles. The second kappa shape index (κ2) is 16.5. The topological polar surface area (TPSA) is 203 Å². The van der Waals surface area contributed by atoms with Crippen molar-refractivity contribution in [1.82, 2.24) is 25.3 Å². The van der Waals surface area contributed by atoms with Gasteiger partial charge >= 0.3 is 0 Å². The van der Waals surface area contributed by atoms with Gasteiger partial charge in [-0.15, -0.1) is 0 Å². The lowest BCUT2D eigenvalue weighted by molar-refractivity contribution is -0.136. The van der Waals surface area contributed by atoms with Gasteiger partial charge in [-0.2, -0.15) is 5.26 Å². The fraction of sp³-hybridized carbons (Fsp3) is 0.476. The monoisotopic (exact) mass is 825 g/mol. The molecule has 3 atom stereocenters. The molecule has 308 valence electrons. The SMILES string of the molecule is N#Cc1ccc(OC2CCC(NC(=O)C(=N)/C=C\C(=N)N3CC4CC(C3)N4CC3CCN(c4cc5c(cc4F)C(=O)N(C4CCC(=O)NC4=O)C5=O)CC3)CC2)cc1Cl. The molecule has 7 aliphatic rings. The fourth-order valence-corrected chi connectivity index (χ4v) is 9.55. The van der Waals surface area contributed by atoms with Crippen molar-refractivity contribution < 1.29 is 33.1 Å². The van der Waals surface area contributed by atoms with Gasteiger partial charge in [0.2, 0.25) is 11.8 Å². The third-order valence-corrected chi connectivity index (χ3v) is 13.0. The Kier molecular flexibility index (Phi) is 11.2. The summed E-state index contributed by atoms with van der Waals surface area (Å²) in [4.78, 5) is 70.5. The number of carbonyl (C=O) groups is 5. The Labute approximate surface area is 345 Å². The van der Waals surface area contributed by atoms with Crippen LogP contribution in [0.2, 0.25) is 5.02 Å². The predicted octanol–water partition coefficient (Wildman–Crippen LogP) is 3.79. The molecule has 0 radical (unpaired) electrons. The number of nitrogens with one attached hydrogen (secondary N) is 4. The molecule has 9 rings (SSSR count). The molecule has 4 N–H and O–H groups in total. The van der Waals surface area contributed by atoms with Crippen LogP contribution >= 0.6 is 11.6 Å². The van der Waals surface area contributed by atoms with Gasteiger partial charge in [0.1, 0.15) is 35.2 Å². The lowest BCUT2D eigenvalue weighted by Gasteiger charge is -2.58. The average Bonchev–Trinajstić information content (AvgIpc) is 3.46. The third kappa shape index (κ3) is 8.18. The van der Waals surface area contributed by atoms with Crippen molar-refractivity contribution in [2.75, 3.05) is 37.6 Å². The molecule has 2 aromatic carbocycles. The molecule has 5 amide bonds. The second-order valence-corrected chi connectivity index (χ2v) is 16.7. The van der Waals surface area contributed by atoms with Crippen LogP contribution in [0, 0.1) is 33.9 Å². The maximum atomic E-state index is 15.5. The molecule has 59 heavy (non-hydrogen) atoms. The first-order valence-corrected chi connectivity index (χ1v) is 20.6. The van der Waals surface area contributed by atoms with E-state index in [1.165, 1.54) is 18.2 Å².